The monoisotopic (exact) mass is 277 g/mol. The predicted molar refractivity (Wildman–Crippen MR) is 82.1 cm³/mol. The molecule has 0 bridgehead atoms. The summed E-state index contributed by atoms with van der Waals surface area (Å²) in [6, 6.07) is 7.10. The lowest BCUT2D eigenvalue weighted by Crippen LogP contribution is -2.42. The molecular formula is C17H27NO2. The lowest BCUT2D eigenvalue weighted by atomic mass is 10.0. The average Bonchev–Trinajstić information content (AvgIpc) is 2.92. The van der Waals surface area contributed by atoms with Crippen LogP contribution in [0.25, 0.3) is 0 Å². The largest absolute Gasteiger partial charge is 0.351 e. The number of hydrogen-bond donors (Lipinski definition) is 1. The van der Waals surface area contributed by atoms with Crippen molar-refractivity contribution in [3.63, 3.8) is 0 Å². The molecule has 1 aliphatic carbocycles. The summed E-state index contributed by atoms with van der Waals surface area (Å²) in [5.41, 5.74) is 4.43. The summed E-state index contributed by atoms with van der Waals surface area (Å²) >= 11 is 0. The summed E-state index contributed by atoms with van der Waals surface area (Å²) in [6.45, 7) is 5.36. The number of hydrogen-bond acceptors (Lipinski definition) is 3. The number of likely N-dealkylation sites (N-methyl/N-ethyl adjacent to an activating group) is 1. The first-order valence-corrected chi connectivity index (χ1v) is 7.79. The van der Waals surface area contributed by atoms with Crippen molar-refractivity contribution in [2.24, 2.45) is 0 Å². The van der Waals surface area contributed by atoms with Crippen molar-refractivity contribution in [3.05, 3.63) is 34.9 Å². The van der Waals surface area contributed by atoms with Crippen molar-refractivity contribution in [1.82, 2.24) is 5.32 Å². The molecule has 1 N–H and O–H groups in total. The van der Waals surface area contributed by atoms with Crippen LogP contribution in [-0.2, 0) is 28.7 Å². The van der Waals surface area contributed by atoms with Crippen molar-refractivity contribution in [2.45, 2.75) is 51.9 Å². The number of rotatable bonds is 8. The Hall–Kier alpha value is -0.900. The number of ether oxygens (including phenoxy) is 2. The zero-order chi connectivity index (χ0) is 14.4. The van der Waals surface area contributed by atoms with E-state index in [9.17, 15) is 0 Å². The highest BCUT2D eigenvalue weighted by Crippen LogP contribution is 2.23. The van der Waals surface area contributed by atoms with Gasteiger partial charge in [0.05, 0.1) is 6.04 Å². The molecule has 0 saturated heterocycles. The maximum Gasteiger partial charge on any atom is 0.172 e. The van der Waals surface area contributed by atoms with E-state index in [1.54, 1.807) is 0 Å². The lowest BCUT2D eigenvalue weighted by molar-refractivity contribution is -0.152. The molecule has 1 aromatic carbocycles. The van der Waals surface area contributed by atoms with Gasteiger partial charge in [0.25, 0.3) is 0 Å². The fourth-order valence-corrected chi connectivity index (χ4v) is 2.95. The Kier molecular flexibility index (Phi) is 6.02. The van der Waals surface area contributed by atoms with Crippen LogP contribution in [0, 0.1) is 0 Å². The number of aryl methyl sites for hydroxylation is 2. The third kappa shape index (κ3) is 3.81. The maximum atomic E-state index is 5.72. The molecule has 0 heterocycles. The molecule has 3 nitrogen and oxygen atoms in total. The molecule has 112 valence electrons. The Balaban J connectivity index is 2.04. The van der Waals surface area contributed by atoms with Crippen molar-refractivity contribution in [1.29, 1.82) is 0 Å². The molecule has 2 rings (SSSR count). The number of benzene rings is 1. The summed E-state index contributed by atoms with van der Waals surface area (Å²) in [6.07, 6.45) is 4.53. The molecule has 0 amide bonds. The van der Waals surface area contributed by atoms with Gasteiger partial charge in [0.2, 0.25) is 0 Å². The van der Waals surface area contributed by atoms with Crippen molar-refractivity contribution < 1.29 is 9.47 Å². The minimum Gasteiger partial charge on any atom is -0.351 e. The van der Waals surface area contributed by atoms with Gasteiger partial charge in [-0.2, -0.15) is 0 Å². The highest BCUT2D eigenvalue weighted by atomic mass is 16.7. The summed E-state index contributed by atoms with van der Waals surface area (Å²) < 4.78 is 11.4. The Morgan fingerprint density at radius 1 is 1.10 bits per heavy atom. The van der Waals surface area contributed by atoms with E-state index in [1.807, 2.05) is 20.9 Å². The van der Waals surface area contributed by atoms with Crippen LogP contribution in [-0.4, -0.2) is 32.6 Å². The summed E-state index contributed by atoms with van der Waals surface area (Å²) in [7, 11) is 1.98. The second-order valence-electron chi connectivity index (χ2n) is 5.33. The SMILES string of the molecule is CCOC(OCC)C(Cc1ccc2c(c1)CCC2)NC. The van der Waals surface area contributed by atoms with Crippen LogP contribution >= 0.6 is 0 Å². The van der Waals surface area contributed by atoms with Gasteiger partial charge in [-0.05, 0) is 63.3 Å². The Morgan fingerprint density at radius 3 is 2.45 bits per heavy atom. The standard InChI is InChI=1S/C17H27NO2/c1-4-19-17(20-5-2)16(18-3)12-13-9-10-14-7-6-8-15(14)11-13/h9-11,16-18H,4-8,12H2,1-3H3. The molecule has 20 heavy (non-hydrogen) atoms. The van der Waals surface area contributed by atoms with Gasteiger partial charge in [0, 0.05) is 13.2 Å². The van der Waals surface area contributed by atoms with E-state index in [-0.39, 0.29) is 12.3 Å². The Bertz CT molecular complexity index is 413. The smallest absolute Gasteiger partial charge is 0.172 e. The maximum absolute atomic E-state index is 5.72. The normalized spacial score (nSPS) is 15.6. The second-order valence-corrected chi connectivity index (χ2v) is 5.33. The molecule has 1 unspecified atom stereocenters. The third-order valence-corrected chi connectivity index (χ3v) is 3.98. The molecule has 0 radical (unpaired) electrons. The van der Waals surface area contributed by atoms with Gasteiger partial charge >= 0.3 is 0 Å². The highest BCUT2D eigenvalue weighted by molar-refractivity contribution is 5.35. The number of nitrogens with one attached hydrogen (secondary N) is 1. The molecule has 1 aliphatic rings. The quantitative estimate of drug-likeness (QED) is 0.741. The van der Waals surface area contributed by atoms with Crippen molar-refractivity contribution in [3.8, 4) is 0 Å². The molecule has 3 heteroatoms. The molecule has 0 fully saturated rings. The first-order chi connectivity index (χ1) is 9.78. The average molecular weight is 277 g/mol. The lowest BCUT2D eigenvalue weighted by Gasteiger charge is -2.26. The van der Waals surface area contributed by atoms with Crippen LogP contribution in [0.3, 0.4) is 0 Å². The van der Waals surface area contributed by atoms with Gasteiger partial charge in [-0.15, -0.1) is 0 Å². The van der Waals surface area contributed by atoms with E-state index in [4.69, 9.17) is 9.47 Å². The van der Waals surface area contributed by atoms with Gasteiger partial charge < -0.3 is 14.8 Å². The second kappa shape index (κ2) is 7.77. The zero-order valence-corrected chi connectivity index (χ0v) is 12.9. The van der Waals surface area contributed by atoms with E-state index >= 15 is 0 Å². The van der Waals surface area contributed by atoms with Crippen LogP contribution in [0.5, 0.6) is 0 Å². The molecule has 1 atom stereocenters. The van der Waals surface area contributed by atoms with E-state index < -0.39 is 0 Å². The van der Waals surface area contributed by atoms with Gasteiger partial charge in [0.15, 0.2) is 6.29 Å². The van der Waals surface area contributed by atoms with Crippen LogP contribution in [0.2, 0.25) is 0 Å². The van der Waals surface area contributed by atoms with Crippen molar-refractivity contribution >= 4 is 0 Å². The summed E-state index contributed by atoms with van der Waals surface area (Å²) in [4.78, 5) is 0. The first-order valence-electron chi connectivity index (χ1n) is 7.79. The van der Waals surface area contributed by atoms with E-state index in [1.165, 1.54) is 36.0 Å². The van der Waals surface area contributed by atoms with E-state index in [2.05, 4.69) is 23.5 Å². The van der Waals surface area contributed by atoms with E-state index in [0.717, 1.165) is 6.42 Å². The Labute approximate surface area is 122 Å². The number of fused-ring (bicyclic) bond motifs is 1. The van der Waals surface area contributed by atoms with Crippen molar-refractivity contribution in [2.75, 3.05) is 20.3 Å². The van der Waals surface area contributed by atoms with Crippen LogP contribution in [0.15, 0.2) is 18.2 Å². The molecular weight excluding hydrogens is 250 g/mol. The summed E-state index contributed by atoms with van der Waals surface area (Å²) in [5.74, 6) is 0. The molecule has 0 aliphatic heterocycles. The molecule has 0 saturated carbocycles. The van der Waals surface area contributed by atoms with Gasteiger partial charge in [0.1, 0.15) is 0 Å². The molecule has 0 aromatic heterocycles. The molecule has 0 spiro atoms. The predicted octanol–water partition coefficient (Wildman–Crippen LogP) is 2.70. The van der Waals surface area contributed by atoms with Crippen LogP contribution in [0.4, 0.5) is 0 Å². The van der Waals surface area contributed by atoms with Gasteiger partial charge in [-0.1, -0.05) is 18.2 Å². The Morgan fingerprint density at radius 2 is 1.80 bits per heavy atom. The first kappa shape index (κ1) is 15.5. The highest BCUT2D eigenvalue weighted by Gasteiger charge is 2.21. The van der Waals surface area contributed by atoms with Crippen LogP contribution in [0.1, 0.15) is 37.0 Å². The van der Waals surface area contributed by atoms with Gasteiger partial charge in [-0.25, -0.2) is 0 Å². The van der Waals surface area contributed by atoms with Gasteiger partial charge in [-0.3, -0.25) is 0 Å². The minimum absolute atomic E-state index is 0.178. The van der Waals surface area contributed by atoms with Crippen LogP contribution < -0.4 is 5.32 Å². The van der Waals surface area contributed by atoms with E-state index in [0.29, 0.717) is 13.2 Å². The minimum atomic E-state index is -0.178. The third-order valence-electron chi connectivity index (χ3n) is 3.98. The fraction of sp³-hybridized carbons (Fsp3) is 0.647. The fourth-order valence-electron chi connectivity index (χ4n) is 2.95. The summed E-state index contributed by atoms with van der Waals surface area (Å²) in [5, 5.41) is 3.34. The molecule has 1 aromatic rings. The topological polar surface area (TPSA) is 30.5 Å². The zero-order valence-electron chi connectivity index (χ0n) is 12.9.